The van der Waals surface area contributed by atoms with E-state index in [1.807, 2.05) is 27.7 Å². The van der Waals surface area contributed by atoms with Crippen molar-refractivity contribution < 1.29 is 19.5 Å². The molecular formula is C13H25N3O4. The highest BCUT2D eigenvalue weighted by Crippen LogP contribution is 2.04. The van der Waals surface area contributed by atoms with E-state index >= 15 is 0 Å². The first-order valence-electron chi connectivity index (χ1n) is 6.79. The number of hydrogen-bond acceptors (Lipinski definition) is 3. The summed E-state index contributed by atoms with van der Waals surface area (Å²) in [5.41, 5.74) is 0. The van der Waals surface area contributed by atoms with Crippen molar-refractivity contribution in [3.05, 3.63) is 0 Å². The maximum Gasteiger partial charge on any atom is 0.326 e. The van der Waals surface area contributed by atoms with Gasteiger partial charge in [-0.1, -0.05) is 13.8 Å². The van der Waals surface area contributed by atoms with E-state index in [1.54, 1.807) is 0 Å². The second-order valence-corrected chi connectivity index (χ2v) is 5.39. The number of amides is 3. The number of aliphatic carboxylic acids is 1. The van der Waals surface area contributed by atoms with Gasteiger partial charge in [-0.15, -0.1) is 0 Å². The number of rotatable bonds is 8. The zero-order chi connectivity index (χ0) is 15.7. The molecule has 4 N–H and O–H groups in total. The molecule has 0 aliphatic carbocycles. The lowest BCUT2D eigenvalue weighted by molar-refractivity contribution is -0.139. The largest absolute Gasteiger partial charge is 0.480 e. The van der Waals surface area contributed by atoms with Crippen molar-refractivity contribution >= 4 is 17.9 Å². The fourth-order valence-electron chi connectivity index (χ4n) is 1.59. The minimum atomic E-state index is -1.06. The number of carboxylic acids is 1. The van der Waals surface area contributed by atoms with Crippen LogP contribution in [-0.4, -0.2) is 41.6 Å². The summed E-state index contributed by atoms with van der Waals surface area (Å²) in [6.07, 6.45) is 0.518. The van der Waals surface area contributed by atoms with Gasteiger partial charge in [0.1, 0.15) is 6.04 Å². The molecule has 1 atom stereocenters. The number of urea groups is 1. The highest BCUT2D eigenvalue weighted by molar-refractivity contribution is 5.83. The lowest BCUT2D eigenvalue weighted by Crippen LogP contribution is -2.47. The Morgan fingerprint density at radius 2 is 1.65 bits per heavy atom. The molecule has 0 aliphatic heterocycles. The first-order chi connectivity index (χ1) is 9.22. The van der Waals surface area contributed by atoms with Crippen LogP contribution in [0.25, 0.3) is 0 Å². The molecule has 116 valence electrons. The van der Waals surface area contributed by atoms with Crippen LogP contribution in [0.3, 0.4) is 0 Å². The van der Waals surface area contributed by atoms with Gasteiger partial charge < -0.3 is 21.1 Å². The maximum atomic E-state index is 11.5. The number of carboxylic acid groups (broad SMARTS) is 1. The van der Waals surface area contributed by atoms with Crippen molar-refractivity contribution in [2.45, 2.75) is 52.6 Å². The third kappa shape index (κ3) is 9.18. The van der Waals surface area contributed by atoms with E-state index in [0.717, 1.165) is 0 Å². The molecule has 0 fully saturated rings. The molecule has 0 spiro atoms. The predicted molar refractivity (Wildman–Crippen MR) is 75.3 cm³/mol. The topological polar surface area (TPSA) is 108 Å². The van der Waals surface area contributed by atoms with Crippen molar-refractivity contribution in [2.24, 2.45) is 5.92 Å². The molecule has 3 amide bonds. The van der Waals surface area contributed by atoms with Crippen LogP contribution in [0.15, 0.2) is 0 Å². The van der Waals surface area contributed by atoms with E-state index in [1.165, 1.54) is 0 Å². The molecule has 0 radical (unpaired) electrons. The van der Waals surface area contributed by atoms with Crippen LogP contribution in [0.4, 0.5) is 4.79 Å². The Morgan fingerprint density at radius 1 is 1.05 bits per heavy atom. The van der Waals surface area contributed by atoms with Crippen LogP contribution in [0.1, 0.15) is 40.5 Å². The lowest BCUT2D eigenvalue weighted by Gasteiger charge is -2.17. The molecule has 0 bridgehead atoms. The van der Waals surface area contributed by atoms with Gasteiger partial charge >= 0.3 is 12.0 Å². The van der Waals surface area contributed by atoms with E-state index in [9.17, 15) is 14.4 Å². The van der Waals surface area contributed by atoms with Gasteiger partial charge in [-0.2, -0.15) is 0 Å². The van der Waals surface area contributed by atoms with Crippen LogP contribution in [0, 0.1) is 5.92 Å². The van der Waals surface area contributed by atoms with Crippen molar-refractivity contribution in [3.8, 4) is 0 Å². The highest BCUT2D eigenvalue weighted by atomic mass is 16.4. The number of nitrogens with one attached hydrogen (secondary N) is 3. The van der Waals surface area contributed by atoms with Gasteiger partial charge in [0.25, 0.3) is 0 Å². The second kappa shape index (κ2) is 9.17. The van der Waals surface area contributed by atoms with Gasteiger partial charge in [0.2, 0.25) is 5.91 Å². The van der Waals surface area contributed by atoms with Crippen LogP contribution in [0.2, 0.25) is 0 Å². The predicted octanol–water partition coefficient (Wildman–Crippen LogP) is 0.700. The summed E-state index contributed by atoms with van der Waals surface area (Å²) in [5.74, 6) is -1.06. The Bertz CT molecular complexity index is 343. The molecular weight excluding hydrogens is 262 g/mol. The molecule has 20 heavy (non-hydrogen) atoms. The summed E-state index contributed by atoms with van der Waals surface area (Å²) in [4.78, 5) is 33.8. The normalized spacial score (nSPS) is 12.1. The van der Waals surface area contributed by atoms with Crippen LogP contribution in [0.5, 0.6) is 0 Å². The monoisotopic (exact) mass is 287 g/mol. The summed E-state index contributed by atoms with van der Waals surface area (Å²) in [5, 5.41) is 16.5. The average Bonchev–Trinajstić information content (AvgIpc) is 2.26. The van der Waals surface area contributed by atoms with E-state index in [2.05, 4.69) is 16.0 Å². The van der Waals surface area contributed by atoms with Crippen molar-refractivity contribution in [3.63, 3.8) is 0 Å². The molecule has 0 saturated carbocycles. The third-order valence-electron chi connectivity index (χ3n) is 2.40. The van der Waals surface area contributed by atoms with Crippen molar-refractivity contribution in [2.75, 3.05) is 6.54 Å². The smallest absolute Gasteiger partial charge is 0.326 e. The Hall–Kier alpha value is -1.79. The molecule has 0 aromatic carbocycles. The summed E-state index contributed by atoms with van der Waals surface area (Å²) < 4.78 is 0. The Morgan fingerprint density at radius 3 is 2.10 bits per heavy atom. The Kier molecular flexibility index (Phi) is 8.35. The summed E-state index contributed by atoms with van der Waals surface area (Å²) in [6.45, 7) is 7.62. The summed E-state index contributed by atoms with van der Waals surface area (Å²) >= 11 is 0. The molecule has 0 unspecified atom stereocenters. The van der Waals surface area contributed by atoms with Gasteiger partial charge in [0.15, 0.2) is 0 Å². The van der Waals surface area contributed by atoms with Crippen LogP contribution < -0.4 is 16.0 Å². The SMILES string of the molecule is CC(C)C[C@H](NC(=O)NCCC(=O)NC(C)C)C(=O)O. The fraction of sp³-hybridized carbons (Fsp3) is 0.769. The standard InChI is InChI=1S/C13H25N3O4/c1-8(2)7-10(12(18)19)16-13(20)14-6-5-11(17)15-9(3)4/h8-10H,5-7H2,1-4H3,(H,15,17)(H,18,19)(H2,14,16,20)/t10-/m0/s1. The summed E-state index contributed by atoms with van der Waals surface area (Å²) in [7, 11) is 0. The zero-order valence-corrected chi connectivity index (χ0v) is 12.5. The third-order valence-corrected chi connectivity index (χ3v) is 2.40. The average molecular weight is 287 g/mol. The number of hydrogen-bond donors (Lipinski definition) is 4. The Labute approximate surface area is 119 Å². The Balaban J connectivity index is 4.02. The summed E-state index contributed by atoms with van der Waals surface area (Å²) in [6, 6.07) is -1.44. The molecule has 7 heteroatoms. The van der Waals surface area contributed by atoms with Gasteiger partial charge in [0.05, 0.1) is 0 Å². The molecule has 0 rings (SSSR count). The van der Waals surface area contributed by atoms with Gasteiger partial charge in [-0.25, -0.2) is 9.59 Å². The zero-order valence-electron chi connectivity index (χ0n) is 12.5. The van der Waals surface area contributed by atoms with Gasteiger partial charge in [-0.3, -0.25) is 4.79 Å². The molecule has 0 heterocycles. The molecule has 0 saturated heterocycles. The number of carbonyl (C=O) groups excluding carboxylic acids is 2. The van der Waals surface area contributed by atoms with Crippen molar-refractivity contribution in [1.29, 1.82) is 0 Å². The van der Waals surface area contributed by atoms with E-state index in [-0.39, 0.29) is 30.8 Å². The lowest BCUT2D eigenvalue weighted by atomic mass is 10.0. The molecule has 0 aliphatic rings. The van der Waals surface area contributed by atoms with E-state index < -0.39 is 18.0 Å². The molecule has 0 aromatic rings. The maximum absolute atomic E-state index is 11.5. The molecule has 0 aromatic heterocycles. The minimum absolute atomic E-state index is 0.0544. The highest BCUT2D eigenvalue weighted by Gasteiger charge is 2.20. The first-order valence-corrected chi connectivity index (χ1v) is 6.79. The first kappa shape index (κ1) is 18.2. The second-order valence-electron chi connectivity index (χ2n) is 5.39. The van der Waals surface area contributed by atoms with Crippen LogP contribution >= 0.6 is 0 Å². The minimum Gasteiger partial charge on any atom is -0.480 e. The quantitative estimate of drug-likeness (QED) is 0.527. The van der Waals surface area contributed by atoms with E-state index in [0.29, 0.717) is 6.42 Å². The van der Waals surface area contributed by atoms with Crippen molar-refractivity contribution in [1.82, 2.24) is 16.0 Å². The fourth-order valence-corrected chi connectivity index (χ4v) is 1.59. The van der Waals surface area contributed by atoms with Crippen LogP contribution in [-0.2, 0) is 9.59 Å². The molecule has 7 nitrogen and oxygen atoms in total. The van der Waals surface area contributed by atoms with Gasteiger partial charge in [-0.05, 0) is 26.2 Å². The van der Waals surface area contributed by atoms with E-state index in [4.69, 9.17) is 5.11 Å². The van der Waals surface area contributed by atoms with Gasteiger partial charge in [0, 0.05) is 19.0 Å². The number of carbonyl (C=O) groups is 3.